The van der Waals surface area contributed by atoms with Gasteiger partial charge in [0.1, 0.15) is 6.67 Å². The highest BCUT2D eigenvalue weighted by atomic mass is 35.5. The predicted molar refractivity (Wildman–Crippen MR) is 48.1 cm³/mol. The van der Waals surface area contributed by atoms with Crippen LogP contribution in [0.15, 0.2) is 0 Å². The highest BCUT2D eigenvalue weighted by Gasteiger charge is 2.11. The lowest BCUT2D eigenvalue weighted by Crippen LogP contribution is -2.32. The third-order valence-corrected chi connectivity index (χ3v) is 2.13. The van der Waals surface area contributed by atoms with Crippen molar-refractivity contribution in [2.24, 2.45) is 0 Å². The molecule has 1 nitrogen and oxygen atoms in total. The number of alkyl halides is 1. The molecule has 0 heterocycles. The molecule has 0 spiro atoms. The standard InChI is InChI=1S/C8H16FN.ClH/c9-6-7-10-8-4-2-1-3-5-8;/h8,10H,1-7H2;1H. The molecule has 0 atom stereocenters. The summed E-state index contributed by atoms with van der Waals surface area (Å²) in [5.41, 5.74) is 0. The number of hydrogen-bond acceptors (Lipinski definition) is 1. The Labute approximate surface area is 74.2 Å². The maximum atomic E-state index is 11.7. The van der Waals surface area contributed by atoms with Crippen LogP contribution in [0.25, 0.3) is 0 Å². The first-order chi connectivity index (χ1) is 4.93. The Morgan fingerprint density at radius 1 is 1.18 bits per heavy atom. The zero-order valence-electron chi connectivity index (χ0n) is 6.81. The topological polar surface area (TPSA) is 12.0 Å². The van der Waals surface area contributed by atoms with E-state index in [-0.39, 0.29) is 19.1 Å². The zero-order valence-corrected chi connectivity index (χ0v) is 7.63. The minimum Gasteiger partial charge on any atom is -0.311 e. The summed E-state index contributed by atoms with van der Waals surface area (Å²) in [4.78, 5) is 0. The number of rotatable bonds is 3. The molecule has 0 unspecified atom stereocenters. The minimum absolute atomic E-state index is 0. The van der Waals surface area contributed by atoms with Gasteiger partial charge < -0.3 is 5.32 Å². The highest BCUT2D eigenvalue weighted by molar-refractivity contribution is 5.85. The second-order valence-corrected chi connectivity index (χ2v) is 2.98. The molecule has 0 radical (unpaired) electrons. The van der Waals surface area contributed by atoms with Crippen molar-refractivity contribution in [1.29, 1.82) is 0 Å². The van der Waals surface area contributed by atoms with Gasteiger partial charge in [0.2, 0.25) is 0 Å². The highest BCUT2D eigenvalue weighted by Crippen LogP contribution is 2.16. The fraction of sp³-hybridized carbons (Fsp3) is 1.00. The third kappa shape index (κ3) is 4.59. The van der Waals surface area contributed by atoms with Crippen LogP contribution in [0.5, 0.6) is 0 Å². The molecule has 0 amide bonds. The minimum atomic E-state index is -0.226. The second-order valence-electron chi connectivity index (χ2n) is 2.98. The molecule has 1 rings (SSSR count). The van der Waals surface area contributed by atoms with Crippen molar-refractivity contribution in [3.8, 4) is 0 Å². The van der Waals surface area contributed by atoms with Crippen LogP contribution < -0.4 is 5.32 Å². The molecule has 0 aromatic heterocycles. The maximum absolute atomic E-state index is 11.7. The first-order valence-corrected chi connectivity index (χ1v) is 4.23. The molecule has 11 heavy (non-hydrogen) atoms. The van der Waals surface area contributed by atoms with E-state index < -0.39 is 0 Å². The summed E-state index contributed by atoms with van der Waals surface area (Å²) in [6.07, 6.45) is 6.52. The van der Waals surface area contributed by atoms with Crippen LogP contribution in [0.1, 0.15) is 32.1 Å². The first-order valence-electron chi connectivity index (χ1n) is 4.23. The van der Waals surface area contributed by atoms with Crippen LogP contribution >= 0.6 is 12.4 Å². The molecule has 0 aromatic carbocycles. The van der Waals surface area contributed by atoms with E-state index in [0.29, 0.717) is 12.6 Å². The van der Waals surface area contributed by atoms with Crippen molar-refractivity contribution in [2.45, 2.75) is 38.1 Å². The van der Waals surface area contributed by atoms with E-state index in [1.54, 1.807) is 0 Å². The predicted octanol–water partition coefficient (Wildman–Crippen LogP) is 2.30. The summed E-state index contributed by atoms with van der Waals surface area (Å²) in [5, 5.41) is 3.20. The lowest BCUT2D eigenvalue weighted by Gasteiger charge is -2.21. The van der Waals surface area contributed by atoms with Crippen LogP contribution in [0.3, 0.4) is 0 Å². The second kappa shape index (κ2) is 6.86. The fourth-order valence-corrected chi connectivity index (χ4v) is 1.57. The molecule has 1 N–H and O–H groups in total. The Morgan fingerprint density at radius 2 is 1.82 bits per heavy atom. The van der Waals surface area contributed by atoms with Crippen molar-refractivity contribution >= 4 is 12.4 Å². The Balaban J connectivity index is 0.000001000. The SMILES string of the molecule is Cl.FCCNC1CCCCC1. The molecular weight excluding hydrogens is 165 g/mol. The Morgan fingerprint density at radius 3 is 2.36 bits per heavy atom. The van der Waals surface area contributed by atoms with E-state index in [9.17, 15) is 4.39 Å². The van der Waals surface area contributed by atoms with E-state index >= 15 is 0 Å². The van der Waals surface area contributed by atoms with Crippen LogP contribution in [-0.2, 0) is 0 Å². The molecule has 3 heteroatoms. The van der Waals surface area contributed by atoms with Crippen LogP contribution in [0.2, 0.25) is 0 Å². The Kier molecular flexibility index (Phi) is 6.98. The third-order valence-electron chi connectivity index (χ3n) is 2.13. The normalized spacial score (nSPS) is 19.4. The monoisotopic (exact) mass is 181 g/mol. The zero-order chi connectivity index (χ0) is 7.23. The lowest BCUT2D eigenvalue weighted by molar-refractivity contribution is 0.353. The van der Waals surface area contributed by atoms with Crippen molar-refractivity contribution in [3.05, 3.63) is 0 Å². The summed E-state index contributed by atoms with van der Waals surface area (Å²) in [6, 6.07) is 0.615. The Bertz CT molecular complexity index is 84.2. The van der Waals surface area contributed by atoms with Gasteiger partial charge in [0.25, 0.3) is 0 Å². The molecule has 1 aliphatic rings. The molecule has 0 aliphatic heterocycles. The molecule has 0 aromatic rings. The Hall–Kier alpha value is 0.180. The molecule has 68 valence electrons. The summed E-state index contributed by atoms with van der Waals surface area (Å²) < 4.78 is 11.7. The number of nitrogens with one attached hydrogen (secondary N) is 1. The fourth-order valence-electron chi connectivity index (χ4n) is 1.57. The largest absolute Gasteiger partial charge is 0.311 e. The summed E-state index contributed by atoms with van der Waals surface area (Å²) in [6.45, 7) is 0.321. The average molecular weight is 182 g/mol. The lowest BCUT2D eigenvalue weighted by atomic mass is 9.96. The smallest absolute Gasteiger partial charge is 0.102 e. The quantitative estimate of drug-likeness (QED) is 0.705. The van der Waals surface area contributed by atoms with Gasteiger partial charge in [-0.05, 0) is 12.8 Å². The average Bonchev–Trinajstić information content (AvgIpc) is 2.03. The number of hydrogen-bond donors (Lipinski definition) is 1. The van der Waals surface area contributed by atoms with Crippen molar-refractivity contribution in [3.63, 3.8) is 0 Å². The van der Waals surface area contributed by atoms with Gasteiger partial charge in [-0.1, -0.05) is 19.3 Å². The molecule has 1 fully saturated rings. The van der Waals surface area contributed by atoms with Crippen molar-refractivity contribution in [2.75, 3.05) is 13.2 Å². The molecule has 1 aliphatic carbocycles. The van der Waals surface area contributed by atoms with Gasteiger partial charge >= 0.3 is 0 Å². The van der Waals surface area contributed by atoms with E-state index in [4.69, 9.17) is 0 Å². The molecule has 1 saturated carbocycles. The van der Waals surface area contributed by atoms with Gasteiger partial charge in [0.05, 0.1) is 0 Å². The summed E-state index contributed by atoms with van der Waals surface area (Å²) in [5.74, 6) is 0. The van der Waals surface area contributed by atoms with Gasteiger partial charge in [-0.15, -0.1) is 12.4 Å². The molecule has 0 saturated heterocycles. The van der Waals surface area contributed by atoms with Crippen LogP contribution in [-0.4, -0.2) is 19.3 Å². The maximum Gasteiger partial charge on any atom is 0.102 e. The van der Waals surface area contributed by atoms with Crippen molar-refractivity contribution < 1.29 is 4.39 Å². The van der Waals surface area contributed by atoms with Gasteiger partial charge in [-0.2, -0.15) is 0 Å². The van der Waals surface area contributed by atoms with E-state index in [2.05, 4.69) is 5.32 Å². The number of halogens is 2. The first kappa shape index (κ1) is 11.2. The van der Waals surface area contributed by atoms with Gasteiger partial charge in [0.15, 0.2) is 0 Å². The summed E-state index contributed by atoms with van der Waals surface area (Å²) >= 11 is 0. The molecular formula is C8H17ClFN. The summed E-state index contributed by atoms with van der Waals surface area (Å²) in [7, 11) is 0. The van der Waals surface area contributed by atoms with Gasteiger partial charge in [0, 0.05) is 12.6 Å². The molecule has 0 bridgehead atoms. The van der Waals surface area contributed by atoms with E-state index in [1.165, 1.54) is 32.1 Å². The van der Waals surface area contributed by atoms with E-state index in [0.717, 1.165) is 0 Å². The van der Waals surface area contributed by atoms with Gasteiger partial charge in [-0.25, -0.2) is 4.39 Å². The van der Waals surface area contributed by atoms with Crippen LogP contribution in [0, 0.1) is 0 Å². The van der Waals surface area contributed by atoms with Crippen LogP contribution in [0.4, 0.5) is 4.39 Å². The van der Waals surface area contributed by atoms with Gasteiger partial charge in [-0.3, -0.25) is 0 Å². The van der Waals surface area contributed by atoms with E-state index in [1.807, 2.05) is 0 Å². The van der Waals surface area contributed by atoms with Crippen molar-refractivity contribution in [1.82, 2.24) is 5.32 Å².